The van der Waals surface area contributed by atoms with Gasteiger partial charge in [-0.25, -0.2) is 22.8 Å². The number of hydrogen-bond acceptors (Lipinski definition) is 9. The number of fused-ring (bicyclic) bond motifs is 1. The molecule has 1 atom stereocenters. The molecule has 9 nitrogen and oxygen atoms in total. The van der Waals surface area contributed by atoms with Crippen LogP contribution in [0.4, 0.5) is 15.9 Å². The van der Waals surface area contributed by atoms with E-state index in [9.17, 15) is 12.8 Å². The highest BCUT2D eigenvalue weighted by atomic mass is 79.9. The fourth-order valence-electron chi connectivity index (χ4n) is 5.01. The third-order valence-corrected chi connectivity index (χ3v) is 10.4. The van der Waals surface area contributed by atoms with E-state index in [1.807, 2.05) is 36.4 Å². The van der Waals surface area contributed by atoms with Crippen LogP contribution in [0.2, 0.25) is 0 Å². The smallest absolute Gasteiger partial charge is 0.154 e. The highest BCUT2D eigenvalue weighted by molar-refractivity contribution is 9.10. The molecule has 4 aromatic rings. The van der Waals surface area contributed by atoms with Gasteiger partial charge in [-0.2, -0.15) is 0 Å². The van der Waals surface area contributed by atoms with Gasteiger partial charge in [-0.15, -0.1) is 0 Å². The van der Waals surface area contributed by atoms with Gasteiger partial charge >= 0.3 is 0 Å². The van der Waals surface area contributed by atoms with Crippen LogP contribution in [-0.4, -0.2) is 49.7 Å². The van der Waals surface area contributed by atoms with Crippen LogP contribution in [0.3, 0.4) is 0 Å². The zero-order valence-corrected chi connectivity index (χ0v) is 27.7. The Hall–Kier alpha value is -3.74. The summed E-state index contributed by atoms with van der Waals surface area (Å²) in [5, 5.41) is 3.70. The number of halogens is 2. The molecule has 2 heterocycles. The number of ether oxygens (including phenoxy) is 4. The molecule has 0 spiro atoms. The van der Waals surface area contributed by atoms with Crippen LogP contribution in [0, 0.1) is 5.82 Å². The molecule has 238 valence electrons. The zero-order chi connectivity index (χ0) is 32.0. The summed E-state index contributed by atoms with van der Waals surface area (Å²) < 4.78 is 62.2. The molecular weight excluding hydrogens is 665 g/mol. The molecule has 0 bridgehead atoms. The highest BCUT2D eigenvalue weighted by Crippen LogP contribution is 2.44. The minimum Gasteiger partial charge on any atom is -0.496 e. The first-order chi connectivity index (χ1) is 21.6. The van der Waals surface area contributed by atoms with Gasteiger partial charge in [0, 0.05) is 35.5 Å². The van der Waals surface area contributed by atoms with Crippen LogP contribution < -0.4 is 14.8 Å². The maximum Gasteiger partial charge on any atom is 0.154 e. The van der Waals surface area contributed by atoms with E-state index in [0.717, 1.165) is 26.7 Å². The number of nitrogens with zero attached hydrogens (tertiary/aromatic N) is 2. The van der Waals surface area contributed by atoms with Crippen LogP contribution in [0.25, 0.3) is 10.9 Å². The Morgan fingerprint density at radius 3 is 2.64 bits per heavy atom. The molecule has 0 saturated carbocycles. The Morgan fingerprint density at radius 1 is 1.09 bits per heavy atom. The molecule has 0 aliphatic carbocycles. The normalized spacial score (nSPS) is 16.2. The molecular formula is C33H35BrFN3O6S. The lowest BCUT2D eigenvalue weighted by Gasteiger charge is -2.31. The topological polar surface area (TPSA) is 109 Å². The Labute approximate surface area is 270 Å². The molecule has 0 radical (unpaired) electrons. The third kappa shape index (κ3) is 7.74. The van der Waals surface area contributed by atoms with E-state index >= 15 is 0 Å². The number of nitrogens with one attached hydrogen (secondary N) is 1. The first-order valence-corrected chi connectivity index (χ1v) is 17.0. The van der Waals surface area contributed by atoms with Gasteiger partial charge in [0.05, 0.1) is 47.6 Å². The monoisotopic (exact) mass is 699 g/mol. The van der Waals surface area contributed by atoms with Crippen molar-refractivity contribution < 1.29 is 31.8 Å². The van der Waals surface area contributed by atoms with E-state index in [-0.39, 0.29) is 24.8 Å². The molecule has 0 amide bonds. The van der Waals surface area contributed by atoms with Crippen LogP contribution in [0.1, 0.15) is 37.8 Å². The van der Waals surface area contributed by atoms with Crippen molar-refractivity contribution in [3.05, 3.63) is 94.7 Å². The lowest BCUT2D eigenvalue weighted by atomic mass is 9.86. The number of hydrogen-bond donors (Lipinski definition) is 1. The minimum atomic E-state index is -3.18. The number of methoxy groups -OCH3 is 1. The molecule has 1 N–H and O–H groups in total. The van der Waals surface area contributed by atoms with Gasteiger partial charge in [0.15, 0.2) is 9.84 Å². The van der Waals surface area contributed by atoms with Crippen molar-refractivity contribution in [1.82, 2.24) is 9.97 Å². The van der Waals surface area contributed by atoms with Gasteiger partial charge in [-0.05, 0) is 77.8 Å². The number of benzene rings is 3. The predicted octanol–water partition coefficient (Wildman–Crippen LogP) is 7.22. The van der Waals surface area contributed by atoms with Crippen molar-refractivity contribution in [3.8, 4) is 11.5 Å². The fourth-order valence-corrected chi connectivity index (χ4v) is 6.33. The largest absolute Gasteiger partial charge is 0.496 e. The zero-order valence-electron chi connectivity index (χ0n) is 25.3. The van der Waals surface area contributed by atoms with Crippen molar-refractivity contribution in [2.24, 2.45) is 0 Å². The molecule has 12 heteroatoms. The Kier molecular flexibility index (Phi) is 10.3. The van der Waals surface area contributed by atoms with Crippen molar-refractivity contribution in [2.75, 3.05) is 31.4 Å². The predicted molar refractivity (Wildman–Crippen MR) is 175 cm³/mol. The van der Waals surface area contributed by atoms with Crippen molar-refractivity contribution in [2.45, 2.75) is 44.1 Å². The van der Waals surface area contributed by atoms with E-state index in [1.165, 1.54) is 18.5 Å². The summed E-state index contributed by atoms with van der Waals surface area (Å²) >= 11 is 3.58. The SMILES string of the molecule is COc1cc2ncnc(Nc3ccc(OCc4cccc(F)c4)c(Br)c3)c2cc1C1(CCOCCS(=O)(=O)C(C)C)CC=CO1. The molecule has 1 aromatic heterocycles. The summed E-state index contributed by atoms with van der Waals surface area (Å²) in [6.45, 7) is 3.98. The summed E-state index contributed by atoms with van der Waals surface area (Å²) in [6.07, 6.45) is 6.16. The average Bonchev–Trinajstić information content (AvgIpc) is 3.50. The number of sulfone groups is 1. The van der Waals surface area contributed by atoms with E-state index < -0.39 is 20.7 Å². The first kappa shape index (κ1) is 32.6. The van der Waals surface area contributed by atoms with E-state index in [4.69, 9.17) is 18.9 Å². The summed E-state index contributed by atoms with van der Waals surface area (Å²) in [7, 11) is -1.58. The van der Waals surface area contributed by atoms with Gasteiger partial charge in [0.2, 0.25) is 0 Å². The van der Waals surface area contributed by atoms with Crippen LogP contribution in [0.15, 0.2) is 77.7 Å². The van der Waals surface area contributed by atoms with E-state index in [2.05, 4.69) is 31.2 Å². The third-order valence-electron chi connectivity index (χ3n) is 7.64. The van der Waals surface area contributed by atoms with Crippen LogP contribution in [-0.2, 0) is 31.5 Å². The number of anilines is 2. The molecule has 5 rings (SSSR count). The molecule has 1 aliphatic heterocycles. The molecule has 1 aliphatic rings. The molecule has 0 saturated heterocycles. The van der Waals surface area contributed by atoms with Gasteiger partial charge in [-0.1, -0.05) is 12.1 Å². The number of aromatic nitrogens is 2. The second-order valence-corrected chi connectivity index (χ2v) is 14.5. The fraction of sp³-hybridized carbons (Fsp3) is 0.333. The first-order valence-electron chi connectivity index (χ1n) is 14.5. The maximum atomic E-state index is 13.5. The average molecular weight is 701 g/mol. The quantitative estimate of drug-likeness (QED) is 0.136. The highest BCUT2D eigenvalue weighted by Gasteiger charge is 2.38. The summed E-state index contributed by atoms with van der Waals surface area (Å²) in [6, 6.07) is 15.7. The summed E-state index contributed by atoms with van der Waals surface area (Å²) in [4.78, 5) is 9.00. The van der Waals surface area contributed by atoms with Crippen molar-refractivity contribution in [1.29, 1.82) is 0 Å². The lowest BCUT2D eigenvalue weighted by molar-refractivity contribution is 0.00120. The van der Waals surface area contributed by atoms with Crippen LogP contribution in [0.5, 0.6) is 11.5 Å². The molecule has 0 fully saturated rings. The van der Waals surface area contributed by atoms with Crippen molar-refractivity contribution >= 4 is 48.2 Å². The van der Waals surface area contributed by atoms with E-state index in [1.54, 1.807) is 39.4 Å². The standard InChI is InChI=1S/C33H35BrFN3O6S/c1-22(2)45(39,40)15-14-42-13-11-33(10-5-12-44-33)27-18-26-29(19-31(27)41-3)36-21-37-32(26)38-25-8-9-30(28(34)17-25)43-20-23-6-4-7-24(35)16-23/h4-9,12,16-19,21-22H,10-11,13-15,20H2,1-3H3,(H,36,37,38). The number of rotatable bonds is 14. The van der Waals surface area contributed by atoms with E-state index in [0.29, 0.717) is 42.3 Å². The van der Waals surface area contributed by atoms with Gasteiger partial charge < -0.3 is 24.3 Å². The van der Waals surface area contributed by atoms with Crippen molar-refractivity contribution in [3.63, 3.8) is 0 Å². The Morgan fingerprint density at radius 2 is 1.93 bits per heavy atom. The van der Waals surface area contributed by atoms with Crippen LogP contribution >= 0.6 is 15.9 Å². The van der Waals surface area contributed by atoms with Gasteiger partial charge in [-0.3, -0.25) is 0 Å². The Balaban J connectivity index is 1.35. The molecule has 45 heavy (non-hydrogen) atoms. The second-order valence-electron chi connectivity index (χ2n) is 10.9. The minimum absolute atomic E-state index is 0.0291. The van der Waals surface area contributed by atoms with Gasteiger partial charge in [0.1, 0.15) is 41.7 Å². The summed E-state index contributed by atoms with van der Waals surface area (Å²) in [5.74, 6) is 1.47. The maximum absolute atomic E-state index is 13.5. The summed E-state index contributed by atoms with van der Waals surface area (Å²) in [5.41, 5.74) is 2.20. The molecule has 1 unspecified atom stereocenters. The second kappa shape index (κ2) is 14.1. The lowest BCUT2D eigenvalue weighted by Crippen LogP contribution is -2.28. The van der Waals surface area contributed by atoms with Gasteiger partial charge in [0.25, 0.3) is 0 Å². The Bertz CT molecular complexity index is 1790. The molecule has 3 aromatic carbocycles.